The third-order valence-electron chi connectivity index (χ3n) is 1.20. The van der Waals surface area contributed by atoms with Gasteiger partial charge >= 0.3 is 5.97 Å². The molecule has 0 aliphatic carbocycles. The van der Waals surface area contributed by atoms with Gasteiger partial charge in [0.15, 0.2) is 0 Å². The Morgan fingerprint density at radius 1 is 1.67 bits per heavy atom. The molecule has 0 spiro atoms. The molecule has 0 bridgehead atoms. The molecule has 12 heavy (non-hydrogen) atoms. The van der Waals surface area contributed by atoms with E-state index >= 15 is 0 Å². The molecule has 0 fully saturated rings. The molecular formula is C6H11NO3S2. The van der Waals surface area contributed by atoms with Gasteiger partial charge in [0, 0.05) is 12.2 Å². The first-order valence-corrected chi connectivity index (χ1v) is 5.44. The molecule has 0 aliphatic rings. The number of thiol groups is 1. The van der Waals surface area contributed by atoms with Crippen molar-refractivity contribution < 1.29 is 14.7 Å². The van der Waals surface area contributed by atoms with Crippen LogP contribution in [0.5, 0.6) is 0 Å². The lowest BCUT2D eigenvalue weighted by Gasteiger charge is -2.11. The molecule has 2 N–H and O–H groups in total. The molecule has 6 heteroatoms. The van der Waals surface area contributed by atoms with Crippen LogP contribution in [-0.2, 0) is 9.59 Å². The summed E-state index contributed by atoms with van der Waals surface area (Å²) in [4.78, 5) is 21.3. The fraction of sp³-hybridized carbons (Fsp3) is 0.667. The summed E-state index contributed by atoms with van der Waals surface area (Å²) in [6.07, 6.45) is 0.293. The Kier molecular flexibility index (Phi) is 6.00. The van der Waals surface area contributed by atoms with Gasteiger partial charge in [0.1, 0.15) is 6.04 Å². The van der Waals surface area contributed by atoms with Gasteiger partial charge in [0.2, 0.25) is 5.91 Å². The number of carbonyl (C=O) groups is 2. The molecule has 0 saturated carbocycles. The van der Waals surface area contributed by atoms with Gasteiger partial charge in [0.25, 0.3) is 0 Å². The molecule has 0 radical (unpaired) electrons. The highest BCUT2D eigenvalue weighted by Crippen LogP contribution is 2.06. The van der Waals surface area contributed by atoms with E-state index in [1.807, 2.05) is 0 Å². The monoisotopic (exact) mass is 209 g/mol. The first-order valence-electron chi connectivity index (χ1n) is 3.40. The third-order valence-corrected chi connectivity index (χ3v) is 2.13. The quantitative estimate of drug-likeness (QED) is 0.457. The molecule has 0 heterocycles. The summed E-state index contributed by atoms with van der Waals surface area (Å²) in [6.45, 7) is 1.67. The predicted octanol–water partition coefficient (Wildman–Crippen LogP) is 0.544. The summed E-state index contributed by atoms with van der Waals surface area (Å²) < 4.78 is 0. The van der Waals surface area contributed by atoms with E-state index in [4.69, 9.17) is 5.11 Å². The van der Waals surface area contributed by atoms with Crippen LogP contribution < -0.4 is 5.32 Å². The smallest absolute Gasteiger partial charge is 0.327 e. The van der Waals surface area contributed by atoms with Gasteiger partial charge < -0.3 is 10.4 Å². The standard InChI is InChI=1S/C6H11NO3S2/c1-2-5(8)7-4(3-12-11)6(9)10/h4,11H,2-3H2,1H3,(H,7,8)(H,9,10). The normalized spacial score (nSPS) is 12.2. The van der Waals surface area contributed by atoms with Gasteiger partial charge in [-0.05, 0) is 0 Å². The largest absolute Gasteiger partial charge is 0.480 e. The summed E-state index contributed by atoms with van der Waals surface area (Å²) in [6, 6.07) is -0.833. The molecule has 4 nitrogen and oxygen atoms in total. The van der Waals surface area contributed by atoms with Crippen molar-refractivity contribution in [2.75, 3.05) is 5.75 Å². The number of carbonyl (C=O) groups excluding carboxylic acids is 1. The highest BCUT2D eigenvalue weighted by molar-refractivity contribution is 8.68. The summed E-state index contributed by atoms with van der Waals surface area (Å²) in [7, 11) is 1.09. The van der Waals surface area contributed by atoms with E-state index in [9.17, 15) is 9.59 Å². The van der Waals surface area contributed by atoms with Crippen LogP contribution in [0.15, 0.2) is 0 Å². The van der Waals surface area contributed by atoms with Gasteiger partial charge in [-0.25, -0.2) is 4.79 Å². The number of rotatable bonds is 5. The van der Waals surface area contributed by atoms with Crippen molar-refractivity contribution in [3.05, 3.63) is 0 Å². The highest BCUT2D eigenvalue weighted by Gasteiger charge is 2.17. The SMILES string of the molecule is CCC(=O)NC(CSS)C(=O)O. The highest BCUT2D eigenvalue weighted by atomic mass is 33.1. The van der Waals surface area contributed by atoms with Crippen LogP contribution in [0.3, 0.4) is 0 Å². The van der Waals surface area contributed by atoms with Crippen LogP contribution in [0, 0.1) is 0 Å². The minimum absolute atomic E-state index is 0.259. The molecule has 0 aromatic rings. The van der Waals surface area contributed by atoms with Crippen molar-refractivity contribution in [1.82, 2.24) is 5.32 Å². The Hall–Kier alpha value is -0.360. The molecule has 0 rings (SSSR count). The van der Waals surface area contributed by atoms with Crippen LogP contribution in [0.25, 0.3) is 0 Å². The zero-order valence-corrected chi connectivity index (χ0v) is 8.32. The third kappa shape index (κ3) is 4.50. The van der Waals surface area contributed by atoms with E-state index in [2.05, 4.69) is 17.0 Å². The van der Waals surface area contributed by atoms with E-state index in [1.54, 1.807) is 6.92 Å². The van der Waals surface area contributed by atoms with E-state index in [0.717, 1.165) is 10.8 Å². The molecule has 1 unspecified atom stereocenters. The first-order chi connectivity index (χ1) is 5.61. The topological polar surface area (TPSA) is 66.4 Å². The minimum Gasteiger partial charge on any atom is -0.480 e. The Labute approximate surface area is 79.9 Å². The van der Waals surface area contributed by atoms with E-state index in [0.29, 0.717) is 6.42 Å². The molecule has 0 aromatic heterocycles. The average molecular weight is 209 g/mol. The van der Waals surface area contributed by atoms with Crippen molar-refractivity contribution in [3.63, 3.8) is 0 Å². The van der Waals surface area contributed by atoms with Crippen molar-refractivity contribution in [1.29, 1.82) is 0 Å². The number of carboxylic acid groups (broad SMARTS) is 1. The van der Waals surface area contributed by atoms with Crippen LogP contribution in [0.2, 0.25) is 0 Å². The summed E-state index contributed by atoms with van der Waals surface area (Å²) >= 11 is 3.81. The number of nitrogens with one attached hydrogen (secondary N) is 1. The summed E-state index contributed by atoms with van der Waals surface area (Å²) in [5.41, 5.74) is 0. The maximum absolute atomic E-state index is 10.8. The molecule has 0 saturated heterocycles. The van der Waals surface area contributed by atoms with Crippen molar-refractivity contribution in [2.45, 2.75) is 19.4 Å². The average Bonchev–Trinajstić information content (AvgIpc) is 2.03. The zero-order chi connectivity index (χ0) is 9.56. The lowest BCUT2D eigenvalue weighted by atomic mass is 10.3. The summed E-state index contributed by atoms with van der Waals surface area (Å²) in [5.74, 6) is -1.02. The van der Waals surface area contributed by atoms with Gasteiger partial charge in [-0.3, -0.25) is 4.79 Å². The predicted molar refractivity (Wildman–Crippen MR) is 51.3 cm³/mol. The van der Waals surface area contributed by atoms with Crippen molar-refractivity contribution in [3.8, 4) is 0 Å². The maximum atomic E-state index is 10.8. The fourth-order valence-electron chi connectivity index (χ4n) is 0.546. The summed E-state index contributed by atoms with van der Waals surface area (Å²) in [5, 5.41) is 10.9. The Morgan fingerprint density at radius 3 is 2.58 bits per heavy atom. The number of carboxylic acids is 1. The number of aliphatic carboxylic acids is 1. The Bertz CT molecular complexity index is 172. The molecule has 0 aliphatic heterocycles. The first kappa shape index (κ1) is 11.6. The van der Waals surface area contributed by atoms with Gasteiger partial charge in [0.05, 0.1) is 0 Å². The van der Waals surface area contributed by atoms with Crippen molar-refractivity contribution in [2.24, 2.45) is 0 Å². The van der Waals surface area contributed by atoms with Crippen LogP contribution in [0.1, 0.15) is 13.3 Å². The Balaban J connectivity index is 3.95. The maximum Gasteiger partial charge on any atom is 0.327 e. The Morgan fingerprint density at radius 2 is 2.25 bits per heavy atom. The van der Waals surface area contributed by atoms with Gasteiger partial charge in [-0.15, -0.1) is 11.7 Å². The van der Waals surface area contributed by atoms with E-state index < -0.39 is 12.0 Å². The molecule has 1 atom stereocenters. The van der Waals surface area contributed by atoms with Crippen LogP contribution in [0.4, 0.5) is 0 Å². The second kappa shape index (κ2) is 6.19. The molecular weight excluding hydrogens is 198 g/mol. The molecule has 0 aromatic carbocycles. The van der Waals surface area contributed by atoms with Gasteiger partial charge in [-0.2, -0.15) is 0 Å². The number of hydrogen-bond donors (Lipinski definition) is 3. The lowest BCUT2D eigenvalue weighted by Crippen LogP contribution is -2.42. The van der Waals surface area contributed by atoms with Crippen LogP contribution in [-0.4, -0.2) is 28.8 Å². The molecule has 1 amide bonds. The minimum atomic E-state index is -1.03. The lowest BCUT2D eigenvalue weighted by molar-refractivity contribution is -0.141. The fourth-order valence-corrected chi connectivity index (χ4v) is 1.37. The number of amides is 1. The van der Waals surface area contributed by atoms with Gasteiger partial charge in [-0.1, -0.05) is 17.7 Å². The van der Waals surface area contributed by atoms with E-state index in [1.165, 1.54) is 0 Å². The molecule has 70 valence electrons. The second-order valence-electron chi connectivity index (χ2n) is 2.11. The second-order valence-corrected chi connectivity index (χ2v) is 3.47. The zero-order valence-electron chi connectivity index (χ0n) is 6.61. The van der Waals surface area contributed by atoms with Crippen LogP contribution >= 0.6 is 22.5 Å². The van der Waals surface area contributed by atoms with E-state index in [-0.39, 0.29) is 11.7 Å². The van der Waals surface area contributed by atoms with Crippen molar-refractivity contribution >= 4 is 34.3 Å². The number of hydrogen-bond acceptors (Lipinski definition) is 4.